The van der Waals surface area contributed by atoms with Gasteiger partial charge in [-0.3, -0.25) is 9.59 Å². The number of carbonyl (C=O) groups is 2. The van der Waals surface area contributed by atoms with Crippen LogP contribution in [-0.2, 0) is 22.3 Å². The average molecular weight is 382 g/mol. The Balaban J connectivity index is 2.06. The molecule has 0 aliphatic heterocycles. The molecule has 2 rings (SSSR count). The van der Waals surface area contributed by atoms with E-state index in [9.17, 15) is 27.6 Å². The molecule has 0 saturated carbocycles. The van der Waals surface area contributed by atoms with Crippen LogP contribution in [0.5, 0.6) is 0 Å². The first kappa shape index (κ1) is 20.2. The largest absolute Gasteiger partial charge is 0.459 e. The van der Waals surface area contributed by atoms with E-state index in [1.54, 1.807) is 13.8 Å². The topological polar surface area (TPSA) is 77.4 Å². The van der Waals surface area contributed by atoms with Crippen molar-refractivity contribution in [3.8, 4) is 0 Å². The van der Waals surface area contributed by atoms with Gasteiger partial charge in [0, 0.05) is 18.0 Å². The zero-order chi connectivity index (χ0) is 20.2. The van der Waals surface area contributed by atoms with Gasteiger partial charge in [0.05, 0.1) is 17.2 Å². The lowest BCUT2D eigenvalue weighted by molar-refractivity contribution is -0.138. The monoisotopic (exact) mass is 382 g/mol. The summed E-state index contributed by atoms with van der Waals surface area (Å²) in [6, 6.07) is 7.19. The molecule has 0 unspecified atom stereocenters. The summed E-state index contributed by atoms with van der Waals surface area (Å²) in [5.74, 6) is -1.20. The van der Waals surface area contributed by atoms with E-state index in [4.69, 9.17) is 4.74 Å². The summed E-state index contributed by atoms with van der Waals surface area (Å²) < 4.78 is 43.8. The Morgan fingerprint density at radius 1 is 1.11 bits per heavy atom. The summed E-state index contributed by atoms with van der Waals surface area (Å²) in [7, 11) is 0. The number of carbonyl (C=O) groups excluding carboxylic acids is 2. The maximum atomic E-state index is 12.7. The maximum Gasteiger partial charge on any atom is 0.417 e. The number of anilines is 1. The van der Waals surface area contributed by atoms with E-state index in [-0.39, 0.29) is 11.7 Å². The predicted octanol–water partition coefficient (Wildman–Crippen LogP) is 3.07. The molecule has 27 heavy (non-hydrogen) atoms. The first-order valence-corrected chi connectivity index (χ1v) is 7.95. The molecule has 9 heteroatoms. The SMILES string of the molecule is CC(C)OC(=O)c1ccc(NC(=O)Cn2cc(C(F)(F)F)ccc2=O)cc1. The van der Waals surface area contributed by atoms with Crippen LogP contribution in [-0.4, -0.2) is 22.5 Å². The Hall–Kier alpha value is -3.10. The van der Waals surface area contributed by atoms with Gasteiger partial charge in [-0.15, -0.1) is 0 Å². The van der Waals surface area contributed by atoms with Crippen molar-refractivity contribution in [2.24, 2.45) is 0 Å². The standard InChI is InChI=1S/C18H17F3N2O4/c1-11(2)27-17(26)12-3-6-14(7-4-12)22-15(24)10-23-9-13(18(19,20)21)5-8-16(23)25/h3-9,11H,10H2,1-2H3,(H,22,24). The van der Waals surface area contributed by atoms with Crippen LogP contribution >= 0.6 is 0 Å². The minimum atomic E-state index is -4.62. The van der Waals surface area contributed by atoms with E-state index < -0.39 is 35.7 Å². The number of nitrogens with zero attached hydrogens (tertiary/aromatic N) is 1. The molecule has 0 saturated heterocycles. The molecule has 0 spiro atoms. The first-order chi connectivity index (χ1) is 12.6. The molecule has 144 valence electrons. The molecule has 1 amide bonds. The van der Waals surface area contributed by atoms with Gasteiger partial charge in [-0.1, -0.05) is 0 Å². The zero-order valence-electron chi connectivity index (χ0n) is 14.5. The van der Waals surface area contributed by atoms with E-state index in [1.807, 2.05) is 0 Å². The highest BCUT2D eigenvalue weighted by Crippen LogP contribution is 2.28. The summed E-state index contributed by atoms with van der Waals surface area (Å²) >= 11 is 0. The second-order valence-electron chi connectivity index (χ2n) is 5.96. The molecule has 6 nitrogen and oxygen atoms in total. The van der Waals surface area contributed by atoms with Crippen molar-refractivity contribution >= 4 is 17.6 Å². The number of nitrogens with one attached hydrogen (secondary N) is 1. The third kappa shape index (κ3) is 5.70. The van der Waals surface area contributed by atoms with Crippen molar-refractivity contribution in [1.29, 1.82) is 0 Å². The molecule has 2 aromatic rings. The van der Waals surface area contributed by atoms with Crippen LogP contribution in [0, 0.1) is 0 Å². The van der Waals surface area contributed by atoms with E-state index in [2.05, 4.69) is 5.32 Å². The smallest absolute Gasteiger partial charge is 0.417 e. The molecule has 1 aromatic heterocycles. The summed E-state index contributed by atoms with van der Waals surface area (Å²) in [6.45, 7) is 2.84. The summed E-state index contributed by atoms with van der Waals surface area (Å²) in [5, 5.41) is 2.45. The van der Waals surface area contributed by atoms with E-state index in [0.717, 1.165) is 6.07 Å². The molecule has 0 atom stereocenters. The molecule has 0 aliphatic rings. The number of esters is 1. The third-order valence-electron chi connectivity index (χ3n) is 3.37. The molecular formula is C18H17F3N2O4. The molecule has 1 heterocycles. The lowest BCUT2D eigenvalue weighted by Crippen LogP contribution is -2.28. The van der Waals surface area contributed by atoms with Crippen molar-refractivity contribution < 1.29 is 27.5 Å². The average Bonchev–Trinajstić information content (AvgIpc) is 2.55. The fourth-order valence-corrected chi connectivity index (χ4v) is 2.15. The second-order valence-corrected chi connectivity index (χ2v) is 5.96. The number of benzene rings is 1. The number of pyridine rings is 1. The number of alkyl halides is 3. The van der Waals surface area contributed by atoms with E-state index >= 15 is 0 Å². The van der Waals surface area contributed by atoms with Gasteiger partial charge in [-0.2, -0.15) is 13.2 Å². The molecule has 0 bridgehead atoms. The quantitative estimate of drug-likeness (QED) is 0.807. The fraction of sp³-hybridized carbons (Fsp3) is 0.278. The first-order valence-electron chi connectivity index (χ1n) is 7.95. The number of halogens is 3. The van der Waals surface area contributed by atoms with Crippen molar-refractivity contribution in [2.45, 2.75) is 32.7 Å². The molecule has 0 radical (unpaired) electrons. The predicted molar refractivity (Wildman–Crippen MR) is 91.3 cm³/mol. The maximum absolute atomic E-state index is 12.7. The van der Waals surface area contributed by atoms with Gasteiger partial charge in [0.1, 0.15) is 6.54 Å². The van der Waals surface area contributed by atoms with Gasteiger partial charge in [0.2, 0.25) is 5.91 Å². The summed E-state index contributed by atoms with van der Waals surface area (Å²) in [4.78, 5) is 35.4. The minimum Gasteiger partial charge on any atom is -0.459 e. The lowest BCUT2D eigenvalue weighted by atomic mass is 10.2. The Morgan fingerprint density at radius 3 is 2.30 bits per heavy atom. The van der Waals surface area contributed by atoms with Crippen LogP contribution in [0.4, 0.5) is 18.9 Å². The summed E-state index contributed by atoms with van der Waals surface area (Å²) in [6.07, 6.45) is -4.30. The van der Waals surface area contributed by atoms with Crippen LogP contribution in [0.3, 0.4) is 0 Å². The molecule has 0 fully saturated rings. The van der Waals surface area contributed by atoms with Crippen molar-refractivity contribution in [3.63, 3.8) is 0 Å². The number of ether oxygens (including phenoxy) is 1. The van der Waals surface area contributed by atoms with Crippen molar-refractivity contribution in [3.05, 3.63) is 64.1 Å². The molecule has 1 N–H and O–H groups in total. The van der Waals surface area contributed by atoms with Crippen LogP contribution < -0.4 is 10.9 Å². The highest BCUT2D eigenvalue weighted by atomic mass is 19.4. The summed E-state index contributed by atoms with van der Waals surface area (Å²) in [5.41, 5.74) is -1.15. The normalized spacial score (nSPS) is 11.3. The van der Waals surface area contributed by atoms with Crippen LogP contribution in [0.15, 0.2) is 47.4 Å². The van der Waals surface area contributed by atoms with Crippen molar-refractivity contribution in [1.82, 2.24) is 4.57 Å². The van der Waals surface area contributed by atoms with Gasteiger partial charge in [0.15, 0.2) is 0 Å². The third-order valence-corrected chi connectivity index (χ3v) is 3.37. The van der Waals surface area contributed by atoms with E-state index in [0.29, 0.717) is 22.5 Å². The number of rotatable bonds is 5. The Morgan fingerprint density at radius 2 is 1.74 bits per heavy atom. The Kier molecular flexibility index (Phi) is 6.04. The van der Waals surface area contributed by atoms with Crippen LogP contribution in [0.1, 0.15) is 29.8 Å². The van der Waals surface area contributed by atoms with Gasteiger partial charge in [-0.05, 0) is 44.2 Å². The number of hydrogen-bond acceptors (Lipinski definition) is 4. The van der Waals surface area contributed by atoms with E-state index in [1.165, 1.54) is 24.3 Å². The van der Waals surface area contributed by atoms with Gasteiger partial charge < -0.3 is 14.6 Å². The molecular weight excluding hydrogens is 365 g/mol. The molecule has 1 aromatic carbocycles. The highest BCUT2D eigenvalue weighted by molar-refractivity contribution is 5.93. The minimum absolute atomic E-state index is 0.275. The number of aromatic nitrogens is 1. The Bertz CT molecular complexity index is 887. The van der Waals surface area contributed by atoms with Gasteiger partial charge in [0.25, 0.3) is 5.56 Å². The van der Waals surface area contributed by atoms with Gasteiger partial charge in [-0.25, -0.2) is 4.79 Å². The number of amides is 1. The Labute approximate surface area is 152 Å². The number of hydrogen-bond donors (Lipinski definition) is 1. The lowest BCUT2D eigenvalue weighted by Gasteiger charge is -2.11. The van der Waals surface area contributed by atoms with Crippen LogP contribution in [0.25, 0.3) is 0 Å². The fourth-order valence-electron chi connectivity index (χ4n) is 2.15. The second kappa shape index (κ2) is 8.07. The highest BCUT2D eigenvalue weighted by Gasteiger charge is 2.31. The van der Waals surface area contributed by atoms with Crippen LogP contribution in [0.2, 0.25) is 0 Å². The van der Waals surface area contributed by atoms with Crippen molar-refractivity contribution in [2.75, 3.05) is 5.32 Å². The zero-order valence-corrected chi connectivity index (χ0v) is 14.5. The molecule has 0 aliphatic carbocycles. The van der Waals surface area contributed by atoms with Gasteiger partial charge >= 0.3 is 12.1 Å².